The monoisotopic (exact) mass is 473 g/mol. The van der Waals surface area contributed by atoms with Crippen molar-refractivity contribution in [3.8, 4) is 0 Å². The summed E-state index contributed by atoms with van der Waals surface area (Å²) in [7, 11) is 0. The highest BCUT2D eigenvalue weighted by molar-refractivity contribution is 9.10. The van der Waals surface area contributed by atoms with Gasteiger partial charge in [-0.1, -0.05) is 29.3 Å². The summed E-state index contributed by atoms with van der Waals surface area (Å²) in [4.78, 5) is 12.2. The number of carbonyl (C=O) groups is 1. The van der Waals surface area contributed by atoms with E-state index in [2.05, 4.69) is 31.4 Å². The topological polar surface area (TPSA) is 64.7 Å². The van der Waals surface area contributed by atoms with Crippen LogP contribution in [0.25, 0.3) is 0 Å². The molecule has 0 bridgehead atoms. The minimum atomic E-state index is -0.430. The number of halogens is 4. The van der Waals surface area contributed by atoms with Gasteiger partial charge in [-0.05, 0) is 35.0 Å². The Morgan fingerprint density at radius 1 is 1.33 bits per heavy atom. The molecular formula is C17H15BrCl2FN5O. The molecule has 27 heavy (non-hydrogen) atoms. The average Bonchev–Trinajstić information content (AvgIpc) is 3.12. The number of nitrogens with zero attached hydrogens (tertiary/aromatic N) is 4. The molecule has 0 aliphatic rings. The maximum atomic E-state index is 13.9. The van der Waals surface area contributed by atoms with Crippen molar-refractivity contribution in [3.63, 3.8) is 0 Å². The van der Waals surface area contributed by atoms with Crippen LogP contribution in [0.1, 0.15) is 17.7 Å². The number of aromatic nitrogens is 4. The molecule has 142 valence electrons. The van der Waals surface area contributed by atoms with E-state index < -0.39 is 5.82 Å². The van der Waals surface area contributed by atoms with Gasteiger partial charge in [0.25, 0.3) is 0 Å². The van der Waals surface area contributed by atoms with Crippen molar-refractivity contribution in [2.45, 2.75) is 26.4 Å². The molecule has 1 amide bonds. The first-order valence-electron chi connectivity index (χ1n) is 7.98. The van der Waals surface area contributed by atoms with Crippen molar-refractivity contribution in [2.24, 2.45) is 0 Å². The number of aryl methyl sites for hydroxylation is 1. The molecule has 10 heteroatoms. The molecule has 0 saturated carbocycles. The van der Waals surface area contributed by atoms with Gasteiger partial charge in [0.05, 0.1) is 23.8 Å². The number of hydrogen-bond acceptors (Lipinski definition) is 3. The van der Waals surface area contributed by atoms with Crippen molar-refractivity contribution in [1.29, 1.82) is 0 Å². The zero-order valence-electron chi connectivity index (χ0n) is 14.2. The molecule has 0 unspecified atom stereocenters. The Morgan fingerprint density at radius 3 is 2.78 bits per heavy atom. The summed E-state index contributed by atoms with van der Waals surface area (Å²) < 4.78 is 17.9. The van der Waals surface area contributed by atoms with Crippen LogP contribution in [0.3, 0.4) is 0 Å². The second kappa shape index (κ2) is 8.41. The molecule has 2 aromatic heterocycles. The van der Waals surface area contributed by atoms with Crippen LogP contribution in [-0.2, 0) is 17.9 Å². The number of rotatable bonds is 6. The van der Waals surface area contributed by atoms with E-state index in [1.54, 1.807) is 16.9 Å². The van der Waals surface area contributed by atoms with Crippen molar-refractivity contribution in [3.05, 3.63) is 62.2 Å². The van der Waals surface area contributed by atoms with E-state index in [1.807, 2.05) is 6.92 Å². The molecule has 0 atom stereocenters. The van der Waals surface area contributed by atoms with Gasteiger partial charge in [0.15, 0.2) is 5.82 Å². The number of carbonyl (C=O) groups excluding carboxylic acids is 1. The Kier molecular flexibility index (Phi) is 6.18. The molecule has 1 N–H and O–H groups in total. The molecule has 0 saturated heterocycles. The maximum absolute atomic E-state index is 13.9. The second-order valence-corrected chi connectivity index (χ2v) is 7.49. The van der Waals surface area contributed by atoms with Crippen LogP contribution in [0.15, 0.2) is 35.1 Å². The van der Waals surface area contributed by atoms with E-state index in [9.17, 15) is 9.18 Å². The van der Waals surface area contributed by atoms with E-state index in [-0.39, 0.29) is 29.7 Å². The molecule has 3 aromatic rings. The molecule has 0 aliphatic carbocycles. The van der Waals surface area contributed by atoms with Crippen LogP contribution in [0.4, 0.5) is 10.2 Å². The highest BCUT2D eigenvalue weighted by Gasteiger charge is 2.14. The Labute approximate surface area is 173 Å². The number of hydrogen-bond donors (Lipinski definition) is 1. The van der Waals surface area contributed by atoms with Gasteiger partial charge < -0.3 is 5.32 Å². The Balaban J connectivity index is 1.64. The fourth-order valence-electron chi connectivity index (χ4n) is 2.46. The fourth-order valence-corrected chi connectivity index (χ4v) is 3.18. The van der Waals surface area contributed by atoms with Crippen LogP contribution >= 0.6 is 39.1 Å². The van der Waals surface area contributed by atoms with E-state index in [1.165, 1.54) is 23.0 Å². The smallest absolute Gasteiger partial charge is 0.227 e. The molecule has 1 aromatic carbocycles. The van der Waals surface area contributed by atoms with Gasteiger partial charge in [0.2, 0.25) is 5.91 Å². The maximum Gasteiger partial charge on any atom is 0.227 e. The van der Waals surface area contributed by atoms with Gasteiger partial charge in [-0.2, -0.15) is 10.2 Å². The predicted octanol–water partition coefficient (Wildman–Crippen LogP) is 4.67. The summed E-state index contributed by atoms with van der Waals surface area (Å²) in [5.41, 5.74) is 1.24. The van der Waals surface area contributed by atoms with E-state index in [4.69, 9.17) is 23.2 Å². The minimum absolute atomic E-state index is 0.0988. The highest BCUT2D eigenvalue weighted by Crippen LogP contribution is 2.24. The Morgan fingerprint density at radius 2 is 2.11 bits per heavy atom. The van der Waals surface area contributed by atoms with Gasteiger partial charge in [-0.3, -0.25) is 14.2 Å². The predicted molar refractivity (Wildman–Crippen MR) is 106 cm³/mol. The normalized spacial score (nSPS) is 11.0. The van der Waals surface area contributed by atoms with Crippen molar-refractivity contribution < 1.29 is 9.18 Å². The van der Waals surface area contributed by atoms with Gasteiger partial charge in [-0.25, -0.2) is 4.39 Å². The molecule has 3 rings (SSSR count). The minimum Gasteiger partial charge on any atom is -0.308 e. The quantitative estimate of drug-likeness (QED) is 0.564. The zero-order valence-corrected chi connectivity index (χ0v) is 17.3. The standard InChI is InChI=1S/C17H15BrCl2FN5O/c1-10-12(18)7-22-26(10)6-5-16(27)23-17-14(20)9-25(24-17)8-11-13(19)3-2-4-15(11)21/h2-4,7,9H,5-6,8H2,1H3,(H,23,24,27). The lowest BCUT2D eigenvalue weighted by Crippen LogP contribution is -2.16. The highest BCUT2D eigenvalue weighted by atomic mass is 79.9. The van der Waals surface area contributed by atoms with Gasteiger partial charge >= 0.3 is 0 Å². The third kappa shape index (κ3) is 4.69. The molecule has 6 nitrogen and oxygen atoms in total. The molecule has 0 spiro atoms. The summed E-state index contributed by atoms with van der Waals surface area (Å²) in [5, 5.41) is 11.6. The number of nitrogens with one attached hydrogen (secondary N) is 1. The zero-order chi connectivity index (χ0) is 19.6. The van der Waals surface area contributed by atoms with Crippen LogP contribution < -0.4 is 5.32 Å². The van der Waals surface area contributed by atoms with Crippen LogP contribution in [0.2, 0.25) is 10.0 Å². The molecular weight excluding hydrogens is 460 g/mol. The lowest BCUT2D eigenvalue weighted by molar-refractivity contribution is -0.116. The Bertz CT molecular complexity index is 968. The summed E-state index contributed by atoms with van der Waals surface area (Å²) in [5.74, 6) is -0.468. The summed E-state index contributed by atoms with van der Waals surface area (Å²) in [6.45, 7) is 2.43. The first kappa shape index (κ1) is 19.9. The molecule has 0 radical (unpaired) electrons. The second-order valence-electron chi connectivity index (χ2n) is 5.82. The fraction of sp³-hybridized carbons (Fsp3) is 0.235. The van der Waals surface area contributed by atoms with Gasteiger partial charge in [0.1, 0.15) is 10.8 Å². The lowest BCUT2D eigenvalue weighted by atomic mass is 10.2. The largest absolute Gasteiger partial charge is 0.308 e. The first-order valence-corrected chi connectivity index (χ1v) is 9.53. The molecule has 0 fully saturated rings. The lowest BCUT2D eigenvalue weighted by Gasteiger charge is -2.06. The van der Waals surface area contributed by atoms with Gasteiger partial charge in [-0.15, -0.1) is 0 Å². The van der Waals surface area contributed by atoms with Gasteiger partial charge in [0, 0.05) is 28.9 Å². The molecule has 2 heterocycles. The number of anilines is 1. The van der Waals surface area contributed by atoms with E-state index >= 15 is 0 Å². The average molecular weight is 475 g/mol. The summed E-state index contributed by atoms with van der Waals surface area (Å²) in [6.07, 6.45) is 3.39. The van der Waals surface area contributed by atoms with E-state index in [0.29, 0.717) is 17.1 Å². The summed E-state index contributed by atoms with van der Waals surface area (Å²) >= 11 is 15.5. The third-order valence-corrected chi connectivity index (χ3v) is 5.36. The van der Waals surface area contributed by atoms with Crippen LogP contribution in [0.5, 0.6) is 0 Å². The van der Waals surface area contributed by atoms with E-state index in [0.717, 1.165) is 10.2 Å². The third-order valence-electron chi connectivity index (χ3n) is 3.95. The SMILES string of the molecule is Cc1c(Br)cnn1CCC(=O)Nc1nn(Cc2c(F)cccc2Cl)cc1Cl. The number of amides is 1. The molecule has 0 aliphatic heterocycles. The van der Waals surface area contributed by atoms with Crippen molar-refractivity contribution in [1.82, 2.24) is 19.6 Å². The summed E-state index contributed by atoms with van der Waals surface area (Å²) in [6, 6.07) is 4.46. The van der Waals surface area contributed by atoms with Crippen molar-refractivity contribution >= 4 is 50.9 Å². The van der Waals surface area contributed by atoms with Crippen molar-refractivity contribution in [2.75, 3.05) is 5.32 Å². The first-order chi connectivity index (χ1) is 12.8. The van der Waals surface area contributed by atoms with Crippen LogP contribution in [0, 0.1) is 12.7 Å². The number of benzene rings is 1. The Hall–Kier alpha value is -1.90. The van der Waals surface area contributed by atoms with Crippen LogP contribution in [-0.4, -0.2) is 25.5 Å².